The Labute approximate surface area is 561 Å². The standard InChI is InChI=1S/C65H104N2O26S2/c68-15-19-78-23-27-82-31-35-86-39-43-90-47-51-92-49-45-88-41-37-84-33-29-80-25-21-76-17-13-66-11-1-3-56-53-58(5-9-62(56)66)65(61-8-7-60(94(70,71)72)55-64(61)95(73,74)75)59-6-10-63-57(54-59)4-2-12-67(63)14-18-77-22-26-81-30-34-85-38-42-89-46-50-93-52-48-91-44-40-87-36-32-83-28-24-79-20-16-69/h5-10,53-55,68-69H,1-4,11-52H2,(H-,70,71,72,73,74,75). The van der Waals surface area contributed by atoms with Crippen molar-refractivity contribution in [2.45, 2.75) is 35.5 Å². The molecule has 2 aliphatic heterocycles. The van der Waals surface area contributed by atoms with Crippen LogP contribution in [0.3, 0.4) is 0 Å². The molecule has 0 bridgehead atoms. The molecule has 2 aliphatic rings. The minimum atomic E-state index is -5.26. The molecule has 3 aromatic carbocycles. The summed E-state index contributed by atoms with van der Waals surface area (Å²) in [4.78, 5) is 3.02. The van der Waals surface area contributed by atoms with Gasteiger partial charge in [0.2, 0.25) is 0 Å². The van der Waals surface area contributed by atoms with E-state index in [9.17, 15) is 25.9 Å². The fourth-order valence-corrected chi connectivity index (χ4v) is 11.2. The summed E-state index contributed by atoms with van der Waals surface area (Å²) in [6, 6.07) is 14.9. The second kappa shape index (κ2) is 52.2. The Morgan fingerprint density at radius 2 is 0.621 bits per heavy atom. The molecule has 3 N–H and O–H groups in total. The highest BCUT2D eigenvalue weighted by Gasteiger charge is 2.33. The molecule has 95 heavy (non-hydrogen) atoms. The quantitative estimate of drug-likeness (QED) is 0.0316. The van der Waals surface area contributed by atoms with Crippen molar-refractivity contribution in [3.63, 3.8) is 0 Å². The average molecular weight is 1390 g/mol. The summed E-state index contributed by atoms with van der Waals surface area (Å²) in [5.41, 5.74) is 5.33. The molecule has 28 nitrogen and oxygen atoms in total. The summed E-state index contributed by atoms with van der Waals surface area (Å²) >= 11 is 0. The number of rotatable bonds is 63. The number of hydrogen-bond acceptors (Lipinski definition) is 27. The van der Waals surface area contributed by atoms with E-state index in [0.717, 1.165) is 73.4 Å². The fraction of sp³-hybridized carbons (Fsp3) is 0.708. The van der Waals surface area contributed by atoms with Crippen LogP contribution < -0.4 is 9.80 Å². The number of aliphatic hydroxyl groups excluding tert-OH is 2. The lowest BCUT2D eigenvalue weighted by atomic mass is 9.82. The van der Waals surface area contributed by atoms with E-state index in [2.05, 4.69) is 9.80 Å². The number of aliphatic hydroxyl groups is 2. The molecule has 0 fully saturated rings. The largest absolute Gasteiger partial charge is 0.739 e. The van der Waals surface area contributed by atoms with Gasteiger partial charge in [0.15, 0.2) is 0 Å². The Kier molecular flexibility index (Phi) is 45.0. The van der Waals surface area contributed by atoms with Gasteiger partial charge in [-0.3, -0.25) is 4.55 Å². The van der Waals surface area contributed by atoms with Crippen LogP contribution in [-0.4, -0.2) is 313 Å². The van der Waals surface area contributed by atoms with Crippen LogP contribution in [0.5, 0.6) is 0 Å². The van der Waals surface area contributed by atoms with Crippen molar-refractivity contribution in [3.05, 3.63) is 88.3 Å². The van der Waals surface area contributed by atoms with E-state index in [1.54, 1.807) is 0 Å². The Hall–Kier alpha value is -3.85. The number of fused-ring (bicyclic) bond motifs is 2. The Bertz CT molecular complexity index is 2530. The van der Waals surface area contributed by atoms with Crippen LogP contribution >= 0.6 is 0 Å². The first-order valence-electron chi connectivity index (χ1n) is 32.8. The molecule has 5 rings (SSSR count). The Balaban J connectivity index is 0.952. The summed E-state index contributed by atoms with van der Waals surface area (Å²) in [6.07, 6.45) is 3.19. The van der Waals surface area contributed by atoms with Gasteiger partial charge in [-0.2, -0.15) is 8.42 Å². The van der Waals surface area contributed by atoms with Gasteiger partial charge in [0.1, 0.15) is 19.9 Å². The van der Waals surface area contributed by atoms with Gasteiger partial charge in [0.25, 0.3) is 10.1 Å². The van der Waals surface area contributed by atoms with Crippen molar-refractivity contribution in [3.8, 4) is 0 Å². The molecule has 0 saturated carbocycles. The van der Waals surface area contributed by atoms with E-state index in [1.807, 2.05) is 36.4 Å². The minimum Gasteiger partial charge on any atom is -0.739 e. The molecule has 2 heterocycles. The monoisotopic (exact) mass is 1390 g/mol. The maximum absolute atomic E-state index is 13.0. The molecule has 0 atom stereocenters. The zero-order valence-electron chi connectivity index (χ0n) is 55.2. The first kappa shape index (κ1) is 81.8. The normalized spacial score (nSPS) is 13.5. The van der Waals surface area contributed by atoms with Crippen LogP contribution in [0.1, 0.15) is 40.7 Å². The highest BCUT2D eigenvalue weighted by Crippen LogP contribution is 2.41. The first-order valence-corrected chi connectivity index (χ1v) is 35.7. The van der Waals surface area contributed by atoms with Crippen LogP contribution in [-0.2, 0) is 118 Å². The van der Waals surface area contributed by atoms with Gasteiger partial charge in [-0.1, -0.05) is 0 Å². The summed E-state index contributed by atoms with van der Waals surface area (Å²) in [7, 11) is -10.1. The highest BCUT2D eigenvalue weighted by molar-refractivity contribution is 7.86. The maximum atomic E-state index is 13.0. The van der Waals surface area contributed by atoms with Gasteiger partial charge in [-0.05, 0) is 74.2 Å². The molecular weight excluding hydrogens is 1290 g/mol. The predicted octanol–water partition coefficient (Wildman–Crippen LogP) is 2.65. The molecule has 30 heteroatoms. The van der Waals surface area contributed by atoms with Crippen molar-refractivity contribution in [1.82, 2.24) is 0 Å². The van der Waals surface area contributed by atoms with E-state index in [4.69, 9.17) is 95.5 Å². The third-order valence-electron chi connectivity index (χ3n) is 14.4. The third kappa shape index (κ3) is 36.2. The van der Waals surface area contributed by atoms with Crippen LogP contribution in [0.2, 0.25) is 0 Å². The molecule has 0 unspecified atom stereocenters. The molecular formula is C65H104N2O26S2. The van der Waals surface area contributed by atoms with Crippen LogP contribution in [0.15, 0.2) is 64.4 Å². The molecule has 0 aromatic heterocycles. The van der Waals surface area contributed by atoms with Gasteiger partial charge >= 0.3 is 0 Å². The van der Waals surface area contributed by atoms with Crippen molar-refractivity contribution < 1.29 is 121 Å². The van der Waals surface area contributed by atoms with Crippen LogP contribution in [0.25, 0.3) is 0 Å². The van der Waals surface area contributed by atoms with Gasteiger partial charge in [0.05, 0.1) is 285 Å². The van der Waals surface area contributed by atoms with Crippen LogP contribution in [0.4, 0.5) is 11.4 Å². The van der Waals surface area contributed by atoms with E-state index >= 15 is 0 Å². The number of ether oxygens (including phenoxy) is 18. The smallest absolute Gasteiger partial charge is 0.295 e. The van der Waals surface area contributed by atoms with Gasteiger partial charge in [0, 0.05) is 43.4 Å². The fourth-order valence-electron chi connectivity index (χ4n) is 9.88. The lowest BCUT2D eigenvalue weighted by Crippen LogP contribution is -2.33. The van der Waals surface area contributed by atoms with Crippen LogP contribution in [0, 0.1) is 5.92 Å². The van der Waals surface area contributed by atoms with Crippen molar-refractivity contribution in [1.29, 1.82) is 0 Å². The highest BCUT2D eigenvalue weighted by atomic mass is 32.2. The maximum Gasteiger partial charge on any atom is 0.295 e. The number of benzene rings is 3. The van der Waals surface area contributed by atoms with Crippen molar-refractivity contribution in [2.24, 2.45) is 0 Å². The minimum absolute atomic E-state index is 0.000545. The second-order valence-electron chi connectivity index (χ2n) is 21.3. The summed E-state index contributed by atoms with van der Waals surface area (Å²) < 4.78 is 173. The van der Waals surface area contributed by atoms with E-state index in [1.165, 1.54) is 6.07 Å². The average Bonchev–Trinajstić information content (AvgIpc) is 0.761. The molecule has 0 aliphatic carbocycles. The Morgan fingerprint density at radius 3 is 0.874 bits per heavy atom. The molecule has 0 radical (unpaired) electrons. The van der Waals surface area contributed by atoms with E-state index in [0.29, 0.717) is 268 Å². The van der Waals surface area contributed by atoms with Gasteiger partial charge in [-0.15, -0.1) is 0 Å². The van der Waals surface area contributed by atoms with Gasteiger partial charge < -0.3 is 110 Å². The zero-order valence-corrected chi connectivity index (χ0v) is 56.8. The number of aryl methyl sites for hydroxylation is 2. The first-order chi connectivity index (χ1) is 46.5. The van der Waals surface area contributed by atoms with Crippen molar-refractivity contribution >= 4 is 31.6 Å². The molecule has 0 spiro atoms. The van der Waals surface area contributed by atoms with Crippen molar-refractivity contribution in [2.75, 3.05) is 287 Å². The summed E-state index contributed by atoms with van der Waals surface area (Å²) in [5.74, 6) is 0.429. The molecule has 542 valence electrons. The lowest BCUT2D eigenvalue weighted by molar-refractivity contribution is -0.0254. The van der Waals surface area contributed by atoms with E-state index < -0.39 is 30.0 Å². The lowest BCUT2D eigenvalue weighted by Gasteiger charge is -2.32. The zero-order chi connectivity index (χ0) is 67.5. The molecule has 0 amide bonds. The predicted molar refractivity (Wildman–Crippen MR) is 348 cm³/mol. The molecule has 3 aromatic rings. The second-order valence-corrected chi connectivity index (χ2v) is 24.1. The SMILES string of the molecule is O=S(=O)([O-])c1cc(S(=O)(=O)O)ccc1[C+](c1ccc2c(c1)CCCN2CCOCCOCCOCCOCCOCCOCCOCCOCCOCCO)c1ccc2c(c1)CCCN2CCOCCOCCOCCOCCOCCOCCOCCOCCOCCO. The topological polar surface area (TPSA) is 325 Å². The van der Waals surface area contributed by atoms with E-state index in [-0.39, 0.29) is 18.8 Å². The summed E-state index contributed by atoms with van der Waals surface area (Å²) in [6.45, 7) is 18.5. The molecule has 0 saturated heterocycles. The Morgan fingerprint density at radius 1 is 0.358 bits per heavy atom. The number of anilines is 2. The summed E-state index contributed by atoms with van der Waals surface area (Å²) in [5, 5.41) is 17.3. The van der Waals surface area contributed by atoms with Gasteiger partial charge in [-0.25, -0.2) is 8.42 Å². The number of hydrogen-bond donors (Lipinski definition) is 3. The number of nitrogens with zero attached hydrogens (tertiary/aromatic N) is 2. The third-order valence-corrected chi connectivity index (χ3v) is 16.1.